The molecule has 0 aromatic rings. The second kappa shape index (κ2) is 2.92. The summed E-state index contributed by atoms with van der Waals surface area (Å²) in [7, 11) is 0. The lowest BCUT2D eigenvalue weighted by atomic mass is 10.00. The molecule has 0 N–H and O–H groups in total. The third kappa shape index (κ3) is 1.43. The first-order chi connectivity index (χ1) is 7.41. The van der Waals surface area contributed by atoms with Crippen LogP contribution in [0.4, 0.5) is 4.79 Å². The van der Waals surface area contributed by atoms with Crippen molar-refractivity contribution < 1.29 is 14.3 Å². The zero-order chi connectivity index (χ0) is 11.6. The average molecular weight is 225 g/mol. The van der Waals surface area contributed by atoms with Crippen LogP contribution in [-0.4, -0.2) is 41.4 Å². The van der Waals surface area contributed by atoms with Gasteiger partial charge in [-0.3, -0.25) is 0 Å². The maximum atomic E-state index is 11.9. The summed E-state index contributed by atoms with van der Waals surface area (Å²) in [5.41, 5.74) is -0.382. The number of nitrogens with zero attached hydrogens (tertiary/aromatic N) is 1. The first-order valence-corrected chi connectivity index (χ1v) is 6.06. The maximum Gasteiger partial charge on any atom is 0.410 e. The van der Waals surface area contributed by atoms with Crippen LogP contribution in [-0.2, 0) is 9.47 Å². The summed E-state index contributed by atoms with van der Waals surface area (Å²) in [5.74, 6) is 0.546. The SMILES string of the molecule is CC(C)(C)OC(=O)N1CC2CCC3OC23C1. The number of rotatable bonds is 0. The van der Waals surface area contributed by atoms with Gasteiger partial charge in [0.15, 0.2) is 0 Å². The molecule has 0 bridgehead atoms. The number of hydrogen-bond donors (Lipinski definition) is 0. The molecule has 2 saturated heterocycles. The highest BCUT2D eigenvalue weighted by molar-refractivity contribution is 5.69. The Bertz CT molecular complexity index is 336. The van der Waals surface area contributed by atoms with Gasteiger partial charge < -0.3 is 14.4 Å². The molecule has 1 amide bonds. The van der Waals surface area contributed by atoms with Gasteiger partial charge in [-0.1, -0.05) is 0 Å². The first kappa shape index (κ1) is 10.4. The molecule has 90 valence electrons. The highest BCUT2D eigenvalue weighted by Crippen LogP contribution is 2.57. The number of amides is 1. The predicted octanol–water partition coefficient (Wildman–Crippen LogP) is 1.78. The van der Waals surface area contributed by atoms with Crippen LogP contribution >= 0.6 is 0 Å². The fraction of sp³-hybridized carbons (Fsp3) is 0.917. The van der Waals surface area contributed by atoms with Crippen molar-refractivity contribution in [2.45, 2.75) is 50.9 Å². The lowest BCUT2D eigenvalue weighted by Crippen LogP contribution is -2.36. The maximum absolute atomic E-state index is 11.9. The molecule has 2 aliphatic heterocycles. The summed E-state index contributed by atoms with van der Waals surface area (Å²) in [6.45, 7) is 7.24. The fourth-order valence-electron chi connectivity index (χ4n) is 3.10. The third-order valence-electron chi connectivity index (χ3n) is 3.85. The molecule has 3 rings (SSSR count). The van der Waals surface area contributed by atoms with Crippen molar-refractivity contribution in [2.75, 3.05) is 13.1 Å². The van der Waals surface area contributed by atoms with Crippen molar-refractivity contribution in [3.63, 3.8) is 0 Å². The molecule has 0 radical (unpaired) electrons. The largest absolute Gasteiger partial charge is 0.444 e. The van der Waals surface area contributed by atoms with E-state index in [2.05, 4.69) is 0 Å². The third-order valence-corrected chi connectivity index (χ3v) is 3.85. The highest BCUT2D eigenvalue weighted by Gasteiger charge is 2.69. The Morgan fingerprint density at radius 3 is 2.75 bits per heavy atom. The molecule has 4 nitrogen and oxygen atoms in total. The number of likely N-dealkylation sites (tertiary alicyclic amines) is 1. The van der Waals surface area contributed by atoms with Crippen molar-refractivity contribution in [3.05, 3.63) is 0 Å². The molecular weight excluding hydrogens is 206 g/mol. The van der Waals surface area contributed by atoms with E-state index in [1.54, 1.807) is 0 Å². The predicted molar refractivity (Wildman–Crippen MR) is 58.1 cm³/mol. The van der Waals surface area contributed by atoms with Gasteiger partial charge in [-0.2, -0.15) is 0 Å². The van der Waals surface area contributed by atoms with E-state index < -0.39 is 5.60 Å². The molecule has 3 aliphatic rings. The minimum atomic E-state index is -0.406. The van der Waals surface area contributed by atoms with Crippen molar-refractivity contribution in [1.82, 2.24) is 4.90 Å². The quantitative estimate of drug-likeness (QED) is 0.590. The van der Waals surface area contributed by atoms with Gasteiger partial charge in [0.1, 0.15) is 11.2 Å². The molecule has 0 aromatic carbocycles. The number of carbonyl (C=O) groups excluding carboxylic acids is 1. The number of ether oxygens (including phenoxy) is 2. The second-order valence-corrected chi connectivity index (χ2v) is 6.20. The molecule has 1 aliphatic carbocycles. The van der Waals surface area contributed by atoms with Gasteiger partial charge >= 0.3 is 6.09 Å². The smallest absolute Gasteiger partial charge is 0.410 e. The highest BCUT2D eigenvalue weighted by atomic mass is 16.6. The van der Waals surface area contributed by atoms with E-state index in [9.17, 15) is 4.79 Å². The van der Waals surface area contributed by atoms with Crippen molar-refractivity contribution in [3.8, 4) is 0 Å². The van der Waals surface area contributed by atoms with Gasteiger partial charge in [0.05, 0.1) is 12.6 Å². The summed E-state index contributed by atoms with van der Waals surface area (Å²) < 4.78 is 11.1. The Labute approximate surface area is 95.9 Å². The molecule has 0 aromatic heterocycles. The van der Waals surface area contributed by atoms with Gasteiger partial charge in [0, 0.05) is 12.5 Å². The molecule has 1 saturated carbocycles. The number of hydrogen-bond acceptors (Lipinski definition) is 3. The Kier molecular flexibility index (Phi) is 1.89. The van der Waals surface area contributed by atoms with Gasteiger partial charge in [0.25, 0.3) is 0 Å². The second-order valence-electron chi connectivity index (χ2n) is 6.20. The molecule has 3 fully saturated rings. The summed E-state index contributed by atoms with van der Waals surface area (Å²) >= 11 is 0. The van der Waals surface area contributed by atoms with E-state index in [-0.39, 0.29) is 11.7 Å². The van der Waals surface area contributed by atoms with Gasteiger partial charge in [-0.15, -0.1) is 0 Å². The van der Waals surface area contributed by atoms with E-state index >= 15 is 0 Å². The first-order valence-electron chi connectivity index (χ1n) is 6.06. The van der Waals surface area contributed by atoms with Crippen LogP contribution in [0.3, 0.4) is 0 Å². The summed E-state index contributed by atoms with van der Waals surface area (Å²) in [5, 5.41) is 0. The average Bonchev–Trinajstić information content (AvgIpc) is 2.55. The van der Waals surface area contributed by atoms with Crippen molar-refractivity contribution in [1.29, 1.82) is 0 Å². The van der Waals surface area contributed by atoms with Crippen LogP contribution in [0.15, 0.2) is 0 Å². The summed E-state index contributed by atoms with van der Waals surface area (Å²) in [4.78, 5) is 13.7. The Morgan fingerprint density at radius 2 is 2.19 bits per heavy atom. The zero-order valence-corrected chi connectivity index (χ0v) is 10.2. The number of carbonyl (C=O) groups is 1. The normalized spacial score (nSPS) is 40.6. The van der Waals surface area contributed by atoms with E-state index in [4.69, 9.17) is 9.47 Å². The molecule has 4 heteroatoms. The minimum Gasteiger partial charge on any atom is -0.444 e. The number of epoxide rings is 1. The lowest BCUT2D eigenvalue weighted by molar-refractivity contribution is 0.0280. The zero-order valence-electron chi connectivity index (χ0n) is 10.2. The van der Waals surface area contributed by atoms with Gasteiger partial charge in [0.2, 0.25) is 0 Å². The molecule has 3 unspecified atom stereocenters. The summed E-state index contributed by atoms with van der Waals surface area (Å²) in [6, 6.07) is 0. The molecular formula is C12H19NO3. The van der Waals surface area contributed by atoms with Gasteiger partial charge in [-0.25, -0.2) is 4.79 Å². The van der Waals surface area contributed by atoms with Crippen LogP contribution in [0.1, 0.15) is 33.6 Å². The van der Waals surface area contributed by atoms with Crippen molar-refractivity contribution >= 4 is 6.09 Å². The Morgan fingerprint density at radius 1 is 1.44 bits per heavy atom. The molecule has 2 heterocycles. The minimum absolute atomic E-state index is 0.0247. The monoisotopic (exact) mass is 225 g/mol. The van der Waals surface area contributed by atoms with E-state index in [0.29, 0.717) is 12.0 Å². The standard InChI is InChI=1S/C12H19NO3/c1-11(2,3)16-10(14)13-6-8-4-5-9-12(8,7-13)15-9/h8-9H,4-7H2,1-3H3. The molecule has 16 heavy (non-hydrogen) atoms. The Balaban J connectivity index is 1.64. The van der Waals surface area contributed by atoms with Crippen LogP contribution in [0.25, 0.3) is 0 Å². The lowest BCUT2D eigenvalue weighted by Gasteiger charge is -2.24. The van der Waals surface area contributed by atoms with Crippen LogP contribution in [0.5, 0.6) is 0 Å². The van der Waals surface area contributed by atoms with Crippen LogP contribution in [0.2, 0.25) is 0 Å². The molecule has 1 spiro atoms. The van der Waals surface area contributed by atoms with Crippen LogP contribution < -0.4 is 0 Å². The molecule has 3 atom stereocenters. The Hall–Kier alpha value is -0.770. The van der Waals surface area contributed by atoms with E-state index in [1.165, 1.54) is 12.8 Å². The van der Waals surface area contributed by atoms with Crippen LogP contribution in [0, 0.1) is 5.92 Å². The van der Waals surface area contributed by atoms with Gasteiger partial charge in [-0.05, 0) is 33.6 Å². The summed E-state index contributed by atoms with van der Waals surface area (Å²) in [6.07, 6.45) is 2.60. The van der Waals surface area contributed by atoms with Crippen molar-refractivity contribution in [2.24, 2.45) is 5.92 Å². The van der Waals surface area contributed by atoms with E-state index in [0.717, 1.165) is 13.1 Å². The van der Waals surface area contributed by atoms with E-state index in [1.807, 2.05) is 25.7 Å². The fourth-order valence-corrected chi connectivity index (χ4v) is 3.10. The topological polar surface area (TPSA) is 42.1 Å².